The number of ether oxygens (including phenoxy) is 4. The summed E-state index contributed by atoms with van der Waals surface area (Å²) in [5.74, 6) is -1.62. The fourth-order valence-electron chi connectivity index (χ4n) is 1.96. The van der Waals surface area contributed by atoms with Crippen molar-refractivity contribution in [2.24, 2.45) is 0 Å². The zero-order valence-electron chi connectivity index (χ0n) is 11.6. The smallest absolute Gasteiger partial charge is 0.303 e. The molecule has 0 unspecified atom stereocenters. The zero-order valence-corrected chi connectivity index (χ0v) is 13.8. The largest absolute Gasteiger partial charge is 0.456 e. The Hall–Kier alpha value is -0.900. The molecule has 1 aliphatic heterocycles. The second-order valence-electron chi connectivity index (χ2n) is 4.41. The van der Waals surface area contributed by atoms with Crippen molar-refractivity contribution in [3.63, 3.8) is 0 Å². The molecule has 0 N–H and O–H groups in total. The molecule has 0 aromatic rings. The van der Waals surface area contributed by atoms with E-state index in [4.69, 9.17) is 18.9 Å². The van der Waals surface area contributed by atoms with Gasteiger partial charge in [0.1, 0.15) is 4.11 Å². The third-order valence-corrected chi connectivity index (χ3v) is 3.62. The van der Waals surface area contributed by atoms with Gasteiger partial charge in [-0.3, -0.25) is 14.4 Å². The van der Waals surface area contributed by atoms with Gasteiger partial charge in [0.15, 0.2) is 18.3 Å². The van der Waals surface area contributed by atoms with Crippen molar-refractivity contribution in [1.29, 1.82) is 0 Å². The van der Waals surface area contributed by atoms with E-state index >= 15 is 0 Å². The molecule has 0 radical (unpaired) electrons. The van der Waals surface area contributed by atoms with Crippen LogP contribution in [0.25, 0.3) is 0 Å². The van der Waals surface area contributed by atoms with Crippen LogP contribution in [0.15, 0.2) is 0 Å². The van der Waals surface area contributed by atoms with Gasteiger partial charge in [-0.15, -0.1) is 0 Å². The molecular formula is C12H17IO7. The SMILES string of the molecule is CC(=O)O[C@@H]1[C@@H](OC(C)=O)[C@H](C)O[C@@H](I)[C@@H]1OC(C)=O. The summed E-state index contributed by atoms with van der Waals surface area (Å²) in [4.78, 5) is 33.6. The second kappa shape index (κ2) is 7.21. The summed E-state index contributed by atoms with van der Waals surface area (Å²) in [7, 11) is 0. The summed E-state index contributed by atoms with van der Waals surface area (Å²) in [5, 5.41) is 0. The van der Waals surface area contributed by atoms with E-state index in [1.54, 1.807) is 6.92 Å². The van der Waals surface area contributed by atoms with Gasteiger partial charge in [-0.2, -0.15) is 0 Å². The predicted octanol–water partition coefficient (Wildman–Crippen LogP) is 0.961. The lowest BCUT2D eigenvalue weighted by atomic mass is 10.0. The van der Waals surface area contributed by atoms with Crippen LogP contribution in [0.4, 0.5) is 0 Å². The standard InChI is InChI=1S/C12H17IO7/c1-5-9(18-6(2)14)10(19-7(3)15)11(12(13)17-5)20-8(4)16/h5,9-12H,1-4H3/t5-,9-,10+,11+,12+/m0/s1. The van der Waals surface area contributed by atoms with Crippen LogP contribution in [0.5, 0.6) is 0 Å². The van der Waals surface area contributed by atoms with E-state index in [-0.39, 0.29) is 0 Å². The van der Waals surface area contributed by atoms with Crippen LogP contribution < -0.4 is 0 Å². The molecule has 114 valence electrons. The van der Waals surface area contributed by atoms with E-state index in [0.29, 0.717) is 0 Å². The molecule has 8 heteroatoms. The highest BCUT2D eigenvalue weighted by atomic mass is 127. The number of alkyl halides is 1. The lowest BCUT2D eigenvalue weighted by Crippen LogP contribution is -2.58. The molecule has 0 bridgehead atoms. The molecule has 1 aliphatic rings. The van der Waals surface area contributed by atoms with Crippen LogP contribution in [0, 0.1) is 0 Å². The number of hydrogen-bond donors (Lipinski definition) is 0. The monoisotopic (exact) mass is 400 g/mol. The average molecular weight is 400 g/mol. The van der Waals surface area contributed by atoms with Gasteiger partial charge in [0, 0.05) is 20.8 Å². The van der Waals surface area contributed by atoms with Gasteiger partial charge >= 0.3 is 17.9 Å². The maximum absolute atomic E-state index is 11.2. The first-order valence-electron chi connectivity index (χ1n) is 6.03. The molecule has 20 heavy (non-hydrogen) atoms. The highest BCUT2D eigenvalue weighted by molar-refractivity contribution is 14.1. The third-order valence-electron chi connectivity index (χ3n) is 2.62. The summed E-state index contributed by atoms with van der Waals surface area (Å²) >= 11 is 1.94. The summed E-state index contributed by atoms with van der Waals surface area (Å²) < 4.78 is 20.5. The Labute approximate surface area is 130 Å². The van der Waals surface area contributed by atoms with Crippen LogP contribution in [0.2, 0.25) is 0 Å². The Bertz CT molecular complexity index is 369. The minimum absolute atomic E-state index is 0.489. The molecule has 0 saturated carbocycles. The van der Waals surface area contributed by atoms with Gasteiger partial charge in [-0.1, -0.05) is 0 Å². The van der Waals surface area contributed by atoms with Gasteiger partial charge in [0.05, 0.1) is 6.10 Å². The van der Waals surface area contributed by atoms with Crippen molar-refractivity contribution >= 4 is 40.5 Å². The lowest BCUT2D eigenvalue weighted by Gasteiger charge is -2.41. The van der Waals surface area contributed by atoms with E-state index < -0.39 is 46.4 Å². The van der Waals surface area contributed by atoms with Gasteiger partial charge in [-0.25, -0.2) is 0 Å². The Morgan fingerprint density at radius 3 is 1.70 bits per heavy atom. The number of esters is 3. The minimum Gasteiger partial charge on any atom is -0.456 e. The van der Waals surface area contributed by atoms with Gasteiger partial charge in [0.2, 0.25) is 0 Å². The average Bonchev–Trinajstić information content (AvgIpc) is 2.27. The van der Waals surface area contributed by atoms with Crippen molar-refractivity contribution in [3.8, 4) is 0 Å². The second-order valence-corrected chi connectivity index (χ2v) is 5.64. The number of carbonyl (C=O) groups is 3. The van der Waals surface area contributed by atoms with E-state index in [1.165, 1.54) is 20.8 Å². The molecule has 1 heterocycles. The van der Waals surface area contributed by atoms with Crippen molar-refractivity contribution in [2.45, 2.75) is 56.2 Å². The third kappa shape index (κ3) is 4.58. The van der Waals surface area contributed by atoms with Crippen LogP contribution in [0.1, 0.15) is 27.7 Å². The van der Waals surface area contributed by atoms with Crippen LogP contribution in [-0.4, -0.2) is 46.4 Å². The Morgan fingerprint density at radius 2 is 1.25 bits per heavy atom. The molecule has 7 nitrogen and oxygen atoms in total. The van der Waals surface area contributed by atoms with E-state index in [0.717, 1.165) is 0 Å². The highest BCUT2D eigenvalue weighted by Crippen LogP contribution is 2.31. The molecule has 0 aromatic heterocycles. The number of hydrogen-bond acceptors (Lipinski definition) is 7. The normalized spacial score (nSPS) is 33.1. The first kappa shape index (κ1) is 17.2. The van der Waals surface area contributed by atoms with Crippen LogP contribution >= 0.6 is 22.6 Å². The van der Waals surface area contributed by atoms with Crippen LogP contribution in [0.3, 0.4) is 0 Å². The predicted molar refractivity (Wildman–Crippen MR) is 75.0 cm³/mol. The molecule has 1 fully saturated rings. The van der Waals surface area contributed by atoms with Crippen molar-refractivity contribution in [1.82, 2.24) is 0 Å². The molecule has 5 atom stereocenters. The molecule has 0 aromatic carbocycles. The van der Waals surface area contributed by atoms with Crippen LogP contribution in [-0.2, 0) is 33.3 Å². The molecule has 1 rings (SSSR count). The van der Waals surface area contributed by atoms with Gasteiger partial charge in [0.25, 0.3) is 0 Å². The van der Waals surface area contributed by atoms with E-state index in [1.807, 2.05) is 22.6 Å². The number of halogens is 1. The summed E-state index contributed by atoms with van der Waals surface area (Å²) in [6, 6.07) is 0. The fourth-order valence-corrected chi connectivity index (χ4v) is 2.97. The van der Waals surface area contributed by atoms with Crippen molar-refractivity contribution < 1.29 is 33.3 Å². The quantitative estimate of drug-likeness (QED) is 0.302. The molecule has 0 spiro atoms. The highest BCUT2D eigenvalue weighted by Gasteiger charge is 2.49. The van der Waals surface area contributed by atoms with Gasteiger partial charge < -0.3 is 18.9 Å². The maximum atomic E-state index is 11.2. The first-order chi connectivity index (χ1) is 9.22. The molecule has 0 aliphatic carbocycles. The molecule has 1 saturated heterocycles. The summed E-state index contributed by atoms with van der Waals surface area (Å²) in [6.45, 7) is 5.42. The fraction of sp³-hybridized carbons (Fsp3) is 0.750. The first-order valence-corrected chi connectivity index (χ1v) is 7.28. The Balaban J connectivity index is 3.01. The molecular weight excluding hydrogens is 383 g/mol. The Morgan fingerprint density at radius 1 is 0.850 bits per heavy atom. The Kier molecular flexibility index (Phi) is 6.18. The van der Waals surface area contributed by atoms with Gasteiger partial charge in [-0.05, 0) is 29.5 Å². The van der Waals surface area contributed by atoms with E-state index in [9.17, 15) is 14.4 Å². The van der Waals surface area contributed by atoms with Crippen molar-refractivity contribution in [2.75, 3.05) is 0 Å². The minimum atomic E-state index is -0.897. The molecule has 0 amide bonds. The van der Waals surface area contributed by atoms with Crippen molar-refractivity contribution in [3.05, 3.63) is 0 Å². The van der Waals surface area contributed by atoms with E-state index in [2.05, 4.69) is 0 Å². The number of rotatable bonds is 3. The number of carbonyl (C=O) groups excluding carboxylic acids is 3. The lowest BCUT2D eigenvalue weighted by molar-refractivity contribution is -0.226. The summed E-state index contributed by atoms with van der Waals surface area (Å²) in [5.41, 5.74) is 0. The zero-order chi connectivity index (χ0) is 15.4. The maximum Gasteiger partial charge on any atom is 0.303 e. The summed E-state index contributed by atoms with van der Waals surface area (Å²) in [6.07, 6.45) is -3.05. The topological polar surface area (TPSA) is 88.1 Å².